The van der Waals surface area contributed by atoms with E-state index in [2.05, 4.69) is 0 Å². The van der Waals surface area contributed by atoms with Crippen LogP contribution in [0.15, 0.2) is 24.3 Å². The molecular weight excluding hydrogens is 373 g/mol. The Morgan fingerprint density at radius 1 is 0.579 bits per heavy atom. The third kappa shape index (κ3) is 3.55. The smallest absolute Gasteiger partial charge is 0.147 e. The van der Waals surface area contributed by atoms with Gasteiger partial charge in [0.1, 0.15) is 11.5 Å². The first-order valence-corrected chi connectivity index (χ1v) is 7.12. The molecular formula is C12H4Cl6O. The van der Waals surface area contributed by atoms with Gasteiger partial charge >= 0.3 is 0 Å². The second-order valence-electron chi connectivity index (χ2n) is 3.50. The third-order valence-electron chi connectivity index (χ3n) is 2.16. The Bertz CT molecular complexity index is 617. The molecule has 0 spiro atoms. The summed E-state index contributed by atoms with van der Waals surface area (Å²) in [4.78, 5) is 0. The van der Waals surface area contributed by atoms with Crippen LogP contribution >= 0.6 is 69.6 Å². The van der Waals surface area contributed by atoms with Crippen molar-refractivity contribution in [2.24, 2.45) is 0 Å². The maximum Gasteiger partial charge on any atom is 0.147 e. The zero-order chi connectivity index (χ0) is 14.2. The second kappa shape index (κ2) is 6.17. The van der Waals surface area contributed by atoms with Crippen LogP contribution in [0.2, 0.25) is 30.1 Å². The van der Waals surface area contributed by atoms with Crippen LogP contribution in [0, 0.1) is 0 Å². The van der Waals surface area contributed by atoms with Crippen molar-refractivity contribution in [3.63, 3.8) is 0 Å². The molecule has 0 atom stereocenters. The van der Waals surface area contributed by atoms with E-state index in [0.29, 0.717) is 26.6 Å². The molecule has 2 rings (SSSR count). The van der Waals surface area contributed by atoms with E-state index in [-0.39, 0.29) is 15.1 Å². The zero-order valence-electron chi connectivity index (χ0n) is 8.99. The lowest BCUT2D eigenvalue weighted by molar-refractivity contribution is 0.483. The monoisotopic (exact) mass is 374 g/mol. The molecule has 0 aliphatic heterocycles. The van der Waals surface area contributed by atoms with Crippen molar-refractivity contribution in [2.45, 2.75) is 0 Å². The summed E-state index contributed by atoms with van der Waals surface area (Å²) in [7, 11) is 0. The van der Waals surface area contributed by atoms with Crippen LogP contribution in [-0.4, -0.2) is 0 Å². The molecule has 0 unspecified atom stereocenters. The molecule has 0 aliphatic rings. The van der Waals surface area contributed by atoms with Gasteiger partial charge in [-0.25, -0.2) is 0 Å². The lowest BCUT2D eigenvalue weighted by Gasteiger charge is -2.10. The first kappa shape index (κ1) is 15.4. The minimum absolute atomic E-state index is 0.260. The lowest BCUT2D eigenvalue weighted by Crippen LogP contribution is -1.87. The predicted molar refractivity (Wildman–Crippen MR) is 83.0 cm³/mol. The Hall–Kier alpha value is -0.0200. The van der Waals surface area contributed by atoms with E-state index < -0.39 is 0 Å². The first-order valence-electron chi connectivity index (χ1n) is 4.85. The molecule has 0 radical (unpaired) electrons. The molecule has 7 heteroatoms. The Morgan fingerprint density at radius 3 is 1.68 bits per heavy atom. The highest BCUT2D eigenvalue weighted by molar-refractivity contribution is 6.48. The van der Waals surface area contributed by atoms with Crippen LogP contribution in [0.4, 0.5) is 0 Å². The van der Waals surface area contributed by atoms with Gasteiger partial charge in [-0.15, -0.1) is 0 Å². The molecule has 0 saturated carbocycles. The Labute approximate surface area is 139 Å². The molecule has 1 nitrogen and oxygen atoms in total. The molecule has 0 bridgehead atoms. The van der Waals surface area contributed by atoms with Crippen LogP contribution in [0.3, 0.4) is 0 Å². The summed E-state index contributed by atoms with van der Waals surface area (Å²) in [6, 6.07) is 6.03. The van der Waals surface area contributed by atoms with Crippen molar-refractivity contribution < 1.29 is 4.74 Å². The molecule has 100 valence electrons. The molecule has 2 aromatic carbocycles. The van der Waals surface area contributed by atoms with Gasteiger partial charge in [-0.1, -0.05) is 69.6 Å². The highest BCUT2D eigenvalue weighted by Crippen LogP contribution is 2.39. The molecule has 19 heavy (non-hydrogen) atoms. The van der Waals surface area contributed by atoms with Crippen molar-refractivity contribution in [3.8, 4) is 11.5 Å². The van der Waals surface area contributed by atoms with Crippen molar-refractivity contribution in [3.05, 3.63) is 54.4 Å². The quantitative estimate of drug-likeness (QED) is 0.392. The number of ether oxygens (including phenoxy) is 1. The number of hydrogen-bond acceptors (Lipinski definition) is 1. The molecule has 0 aliphatic carbocycles. The van der Waals surface area contributed by atoms with Crippen molar-refractivity contribution in [1.82, 2.24) is 0 Å². The van der Waals surface area contributed by atoms with E-state index in [9.17, 15) is 0 Å². The molecule has 0 fully saturated rings. The van der Waals surface area contributed by atoms with Crippen molar-refractivity contribution in [2.75, 3.05) is 0 Å². The first-order chi connectivity index (χ1) is 8.88. The topological polar surface area (TPSA) is 9.23 Å². The van der Waals surface area contributed by atoms with Crippen LogP contribution in [0.5, 0.6) is 11.5 Å². The van der Waals surface area contributed by atoms with Crippen LogP contribution < -0.4 is 4.74 Å². The van der Waals surface area contributed by atoms with Crippen LogP contribution in [-0.2, 0) is 0 Å². The van der Waals surface area contributed by atoms with E-state index in [1.165, 1.54) is 24.3 Å². The summed E-state index contributed by atoms with van der Waals surface area (Å²) in [6.07, 6.45) is 0. The average molecular weight is 377 g/mol. The minimum atomic E-state index is 0.260. The molecule has 0 aromatic heterocycles. The Balaban J connectivity index is 2.39. The van der Waals surface area contributed by atoms with Gasteiger partial charge in [-0.05, 0) is 6.07 Å². The van der Waals surface area contributed by atoms with Crippen molar-refractivity contribution in [1.29, 1.82) is 0 Å². The zero-order valence-corrected chi connectivity index (χ0v) is 13.5. The van der Waals surface area contributed by atoms with E-state index in [0.717, 1.165) is 0 Å². The number of hydrogen-bond donors (Lipinski definition) is 0. The minimum Gasteiger partial charge on any atom is -0.456 e. The fraction of sp³-hybridized carbons (Fsp3) is 0. The van der Waals surface area contributed by atoms with Gasteiger partial charge in [-0.3, -0.25) is 0 Å². The van der Waals surface area contributed by atoms with E-state index >= 15 is 0 Å². The maximum absolute atomic E-state index is 6.00. The largest absolute Gasteiger partial charge is 0.456 e. The summed E-state index contributed by atoms with van der Waals surface area (Å²) in [5, 5.41) is 1.80. The number of halogens is 6. The molecule has 0 N–H and O–H groups in total. The van der Waals surface area contributed by atoms with Gasteiger partial charge in [-0.2, -0.15) is 0 Å². The van der Waals surface area contributed by atoms with Gasteiger partial charge in [0, 0.05) is 18.2 Å². The van der Waals surface area contributed by atoms with E-state index in [1.807, 2.05) is 0 Å². The summed E-state index contributed by atoms with van der Waals surface area (Å²) in [5.41, 5.74) is 0. The average Bonchev–Trinajstić information content (AvgIpc) is 2.33. The number of benzene rings is 2. The maximum atomic E-state index is 6.00. The van der Waals surface area contributed by atoms with Gasteiger partial charge in [0.2, 0.25) is 0 Å². The third-order valence-corrected chi connectivity index (χ3v) is 4.37. The predicted octanol–water partition coefficient (Wildman–Crippen LogP) is 7.40. The summed E-state index contributed by atoms with van der Waals surface area (Å²) >= 11 is 35.4. The standard InChI is InChI=1S/C12H4Cl6O/c13-6-3-8(15)11(4-7(6)14)19-5-1-9(16)12(18)10(17)2-5/h1-4H. The SMILES string of the molecule is Clc1cc(Cl)c(Oc2cc(Cl)c(Cl)c(Cl)c2)cc1Cl. The van der Waals surface area contributed by atoms with Gasteiger partial charge < -0.3 is 4.74 Å². The van der Waals surface area contributed by atoms with E-state index in [1.54, 1.807) is 0 Å². The lowest BCUT2D eigenvalue weighted by atomic mass is 10.3. The van der Waals surface area contributed by atoms with E-state index in [4.69, 9.17) is 74.3 Å². The van der Waals surface area contributed by atoms with Crippen molar-refractivity contribution >= 4 is 69.6 Å². The highest BCUT2D eigenvalue weighted by atomic mass is 35.5. The molecule has 0 saturated heterocycles. The summed E-state index contributed by atoms with van der Waals surface area (Å²) < 4.78 is 5.56. The van der Waals surface area contributed by atoms with Gasteiger partial charge in [0.05, 0.1) is 30.1 Å². The Kier molecular flexibility index (Phi) is 4.99. The van der Waals surface area contributed by atoms with Gasteiger partial charge in [0.15, 0.2) is 0 Å². The summed E-state index contributed by atoms with van der Waals surface area (Å²) in [6.45, 7) is 0. The normalized spacial score (nSPS) is 10.6. The van der Waals surface area contributed by atoms with Crippen LogP contribution in [0.1, 0.15) is 0 Å². The van der Waals surface area contributed by atoms with Crippen LogP contribution in [0.25, 0.3) is 0 Å². The molecule has 0 heterocycles. The molecule has 2 aromatic rings. The second-order valence-corrected chi connectivity index (χ2v) is 5.91. The molecule has 0 amide bonds. The highest BCUT2D eigenvalue weighted by Gasteiger charge is 2.11. The fourth-order valence-electron chi connectivity index (χ4n) is 1.30. The van der Waals surface area contributed by atoms with Gasteiger partial charge in [0.25, 0.3) is 0 Å². The number of rotatable bonds is 2. The fourth-order valence-corrected chi connectivity index (χ4v) is 2.45. The summed E-state index contributed by atoms with van der Waals surface area (Å²) in [5.74, 6) is 0.727. The Morgan fingerprint density at radius 2 is 1.11 bits per heavy atom.